The molecule has 2 saturated heterocycles. The first kappa shape index (κ1) is 15.3. The summed E-state index contributed by atoms with van der Waals surface area (Å²) in [5.41, 5.74) is 0. The zero-order chi connectivity index (χ0) is 14.4. The molecule has 5 nitrogen and oxygen atoms in total. The third-order valence-electron chi connectivity index (χ3n) is 4.35. The van der Waals surface area contributed by atoms with Crippen molar-refractivity contribution in [3.05, 3.63) is 0 Å². The minimum Gasteiger partial charge on any atom is -0.342 e. The lowest BCUT2D eigenvalue weighted by Crippen LogP contribution is -2.42. The van der Waals surface area contributed by atoms with Crippen LogP contribution in [0.4, 0.5) is 0 Å². The van der Waals surface area contributed by atoms with Gasteiger partial charge in [-0.15, -0.1) is 0 Å². The Hall–Kier alpha value is -1.10. The van der Waals surface area contributed by atoms with Gasteiger partial charge in [-0.25, -0.2) is 0 Å². The molecule has 0 unspecified atom stereocenters. The lowest BCUT2D eigenvalue weighted by molar-refractivity contribution is -0.132. The maximum Gasteiger partial charge on any atom is 0.236 e. The smallest absolute Gasteiger partial charge is 0.236 e. The molecule has 0 aromatic rings. The molecule has 2 aliphatic heterocycles. The van der Waals surface area contributed by atoms with Crippen molar-refractivity contribution < 1.29 is 9.59 Å². The summed E-state index contributed by atoms with van der Waals surface area (Å²) in [6.45, 7) is 7.30. The second kappa shape index (κ2) is 7.62. The molecule has 0 N–H and O–H groups in total. The molecular formula is C15H27N3O2. The van der Waals surface area contributed by atoms with E-state index in [0.717, 1.165) is 58.5 Å². The number of carbonyl (C=O) groups is 2. The van der Waals surface area contributed by atoms with Crippen molar-refractivity contribution in [1.82, 2.24) is 14.7 Å². The molecule has 0 atom stereocenters. The van der Waals surface area contributed by atoms with Gasteiger partial charge in [0.2, 0.25) is 11.8 Å². The van der Waals surface area contributed by atoms with Gasteiger partial charge >= 0.3 is 0 Å². The van der Waals surface area contributed by atoms with Crippen LogP contribution in [0.5, 0.6) is 0 Å². The van der Waals surface area contributed by atoms with Crippen molar-refractivity contribution in [2.24, 2.45) is 0 Å². The van der Waals surface area contributed by atoms with Crippen LogP contribution in [0, 0.1) is 0 Å². The van der Waals surface area contributed by atoms with Gasteiger partial charge in [0.05, 0.1) is 6.54 Å². The Labute approximate surface area is 121 Å². The summed E-state index contributed by atoms with van der Waals surface area (Å²) in [7, 11) is 0. The highest BCUT2D eigenvalue weighted by molar-refractivity contribution is 5.78. The summed E-state index contributed by atoms with van der Waals surface area (Å²) in [5.74, 6) is 0.411. The van der Waals surface area contributed by atoms with E-state index in [9.17, 15) is 9.59 Å². The Morgan fingerprint density at radius 3 is 2.05 bits per heavy atom. The van der Waals surface area contributed by atoms with E-state index in [-0.39, 0.29) is 11.8 Å². The molecule has 2 aliphatic rings. The van der Waals surface area contributed by atoms with Crippen LogP contribution in [0.2, 0.25) is 0 Å². The summed E-state index contributed by atoms with van der Waals surface area (Å²) in [6, 6.07) is 0. The zero-order valence-electron chi connectivity index (χ0n) is 12.6. The maximum atomic E-state index is 12.4. The van der Waals surface area contributed by atoms with Crippen molar-refractivity contribution in [3.8, 4) is 0 Å². The number of hydrogen-bond donors (Lipinski definition) is 0. The highest BCUT2D eigenvalue weighted by Gasteiger charge is 2.21. The van der Waals surface area contributed by atoms with Gasteiger partial charge in [0.15, 0.2) is 0 Å². The van der Waals surface area contributed by atoms with Crippen molar-refractivity contribution in [2.75, 3.05) is 45.8 Å². The molecule has 114 valence electrons. The first-order valence-corrected chi connectivity index (χ1v) is 7.92. The van der Waals surface area contributed by atoms with E-state index in [1.165, 1.54) is 12.8 Å². The largest absolute Gasteiger partial charge is 0.342 e. The van der Waals surface area contributed by atoms with Gasteiger partial charge in [0.1, 0.15) is 0 Å². The summed E-state index contributed by atoms with van der Waals surface area (Å²) >= 11 is 0. The molecule has 5 heteroatoms. The molecule has 0 bridgehead atoms. The van der Waals surface area contributed by atoms with Crippen LogP contribution in [0.15, 0.2) is 0 Å². The minimum absolute atomic E-state index is 0.144. The highest BCUT2D eigenvalue weighted by atomic mass is 16.2. The van der Waals surface area contributed by atoms with E-state index in [1.807, 2.05) is 9.80 Å². The van der Waals surface area contributed by atoms with Crippen molar-refractivity contribution in [2.45, 2.75) is 39.0 Å². The average molecular weight is 281 g/mol. The summed E-state index contributed by atoms with van der Waals surface area (Å²) in [5, 5.41) is 0. The third-order valence-corrected chi connectivity index (χ3v) is 4.35. The second-order valence-corrected chi connectivity index (χ2v) is 5.93. The predicted molar refractivity (Wildman–Crippen MR) is 78.4 cm³/mol. The van der Waals surface area contributed by atoms with Crippen LogP contribution in [-0.4, -0.2) is 72.3 Å². The van der Waals surface area contributed by atoms with Gasteiger partial charge in [0, 0.05) is 46.2 Å². The third kappa shape index (κ3) is 4.47. The number of carbonyl (C=O) groups excluding carboxylic acids is 2. The molecule has 0 saturated carbocycles. The van der Waals surface area contributed by atoms with E-state index >= 15 is 0 Å². The Morgan fingerprint density at radius 2 is 1.40 bits per heavy atom. The van der Waals surface area contributed by atoms with Crippen molar-refractivity contribution in [1.29, 1.82) is 0 Å². The van der Waals surface area contributed by atoms with Crippen LogP contribution in [0.1, 0.15) is 39.0 Å². The van der Waals surface area contributed by atoms with Crippen LogP contribution < -0.4 is 0 Å². The fourth-order valence-electron chi connectivity index (χ4n) is 3.06. The molecule has 2 amide bonds. The molecule has 0 aliphatic carbocycles. The fraction of sp³-hybridized carbons (Fsp3) is 0.867. The van der Waals surface area contributed by atoms with E-state index in [4.69, 9.17) is 0 Å². The Kier molecular flexibility index (Phi) is 5.83. The Balaban J connectivity index is 1.80. The van der Waals surface area contributed by atoms with Gasteiger partial charge in [-0.1, -0.05) is 12.8 Å². The average Bonchev–Trinajstić information content (AvgIpc) is 2.80. The molecule has 0 spiro atoms. The quantitative estimate of drug-likeness (QED) is 0.757. The van der Waals surface area contributed by atoms with Crippen LogP contribution in [0.3, 0.4) is 0 Å². The standard InChI is InChI=1S/C15H27N3O2/c1-14(19)17-10-6-7-16(11-12-17)13-15(20)18-8-4-2-3-5-9-18/h2-13H2,1H3. The molecule has 0 aromatic carbocycles. The number of nitrogens with zero attached hydrogens (tertiary/aromatic N) is 3. The molecule has 0 aromatic heterocycles. The maximum absolute atomic E-state index is 12.4. The number of hydrogen-bond acceptors (Lipinski definition) is 3. The first-order chi connectivity index (χ1) is 9.66. The van der Waals surface area contributed by atoms with Crippen LogP contribution in [0.25, 0.3) is 0 Å². The van der Waals surface area contributed by atoms with Crippen LogP contribution >= 0.6 is 0 Å². The van der Waals surface area contributed by atoms with E-state index in [2.05, 4.69) is 4.90 Å². The first-order valence-electron chi connectivity index (χ1n) is 7.92. The second-order valence-electron chi connectivity index (χ2n) is 5.93. The zero-order valence-corrected chi connectivity index (χ0v) is 12.6. The Morgan fingerprint density at radius 1 is 0.750 bits per heavy atom. The molecule has 20 heavy (non-hydrogen) atoms. The summed E-state index contributed by atoms with van der Waals surface area (Å²) in [4.78, 5) is 29.9. The molecular weight excluding hydrogens is 254 g/mol. The van der Waals surface area contributed by atoms with E-state index < -0.39 is 0 Å². The monoisotopic (exact) mass is 281 g/mol. The van der Waals surface area contributed by atoms with Crippen molar-refractivity contribution in [3.63, 3.8) is 0 Å². The van der Waals surface area contributed by atoms with Gasteiger partial charge < -0.3 is 9.80 Å². The number of likely N-dealkylation sites (tertiary alicyclic amines) is 1. The molecule has 2 heterocycles. The minimum atomic E-state index is 0.144. The predicted octanol–water partition coefficient (Wildman–Crippen LogP) is 0.943. The van der Waals surface area contributed by atoms with E-state index in [0.29, 0.717) is 6.54 Å². The topological polar surface area (TPSA) is 43.9 Å². The number of rotatable bonds is 2. The molecule has 0 radical (unpaired) electrons. The number of amides is 2. The van der Waals surface area contributed by atoms with Crippen LogP contribution in [-0.2, 0) is 9.59 Å². The lowest BCUT2D eigenvalue weighted by atomic mass is 10.2. The SMILES string of the molecule is CC(=O)N1CCCN(CC(=O)N2CCCCCC2)CC1. The summed E-state index contributed by atoms with van der Waals surface area (Å²) in [6.07, 6.45) is 5.75. The normalized spacial score (nSPS) is 22.2. The van der Waals surface area contributed by atoms with Crippen molar-refractivity contribution >= 4 is 11.8 Å². The van der Waals surface area contributed by atoms with Gasteiger partial charge in [-0.3, -0.25) is 14.5 Å². The Bertz CT molecular complexity index is 338. The molecule has 2 rings (SSSR count). The van der Waals surface area contributed by atoms with Gasteiger partial charge in [-0.05, 0) is 19.3 Å². The molecule has 2 fully saturated rings. The van der Waals surface area contributed by atoms with Gasteiger partial charge in [-0.2, -0.15) is 0 Å². The van der Waals surface area contributed by atoms with Gasteiger partial charge in [0.25, 0.3) is 0 Å². The highest BCUT2D eigenvalue weighted by Crippen LogP contribution is 2.11. The fourth-order valence-corrected chi connectivity index (χ4v) is 3.06. The summed E-state index contributed by atoms with van der Waals surface area (Å²) < 4.78 is 0. The lowest BCUT2D eigenvalue weighted by Gasteiger charge is -2.25. The van der Waals surface area contributed by atoms with E-state index in [1.54, 1.807) is 6.92 Å².